The van der Waals surface area contributed by atoms with Crippen molar-refractivity contribution in [1.29, 1.82) is 0 Å². The normalized spacial score (nSPS) is 13.8. The third-order valence-electron chi connectivity index (χ3n) is 3.52. The summed E-state index contributed by atoms with van der Waals surface area (Å²) in [7, 11) is 0. The lowest BCUT2D eigenvalue weighted by atomic mass is 9.96. The molecule has 0 bridgehead atoms. The molecular formula is C14H20N2O4. The molecule has 0 radical (unpaired) electrons. The van der Waals surface area contributed by atoms with E-state index in [0.717, 1.165) is 49.8 Å². The number of hydrogen-bond acceptors (Lipinski definition) is 4. The number of aromatic nitrogens is 1. The highest BCUT2D eigenvalue weighted by atomic mass is 16.5. The Kier molecular flexibility index (Phi) is 5.15. The van der Waals surface area contributed by atoms with Crippen molar-refractivity contribution in [3.63, 3.8) is 0 Å². The van der Waals surface area contributed by atoms with Gasteiger partial charge >= 0.3 is 5.97 Å². The van der Waals surface area contributed by atoms with Gasteiger partial charge in [0, 0.05) is 24.9 Å². The number of hydrogen-bond donors (Lipinski definition) is 2. The largest absolute Gasteiger partial charge is 0.481 e. The molecule has 0 unspecified atom stereocenters. The van der Waals surface area contributed by atoms with Crippen LogP contribution in [0.15, 0.2) is 4.52 Å². The van der Waals surface area contributed by atoms with Crippen LogP contribution in [-0.2, 0) is 17.6 Å². The number of nitrogens with zero attached hydrogens (tertiary/aromatic N) is 1. The van der Waals surface area contributed by atoms with Crippen molar-refractivity contribution < 1.29 is 19.2 Å². The summed E-state index contributed by atoms with van der Waals surface area (Å²) >= 11 is 0. The zero-order valence-electron chi connectivity index (χ0n) is 11.5. The summed E-state index contributed by atoms with van der Waals surface area (Å²) in [5.74, 6) is -0.110. The molecule has 0 saturated heterocycles. The SMILES string of the molecule is O=C(O)CCCCCNC(=O)c1noc2c1CCCC2. The van der Waals surface area contributed by atoms with Gasteiger partial charge in [-0.05, 0) is 32.1 Å². The molecule has 1 aliphatic carbocycles. The van der Waals surface area contributed by atoms with Gasteiger partial charge in [-0.1, -0.05) is 11.6 Å². The molecule has 110 valence electrons. The Labute approximate surface area is 117 Å². The van der Waals surface area contributed by atoms with Crippen LogP contribution < -0.4 is 5.32 Å². The van der Waals surface area contributed by atoms with Crippen LogP contribution in [0.1, 0.15) is 60.3 Å². The first-order valence-corrected chi connectivity index (χ1v) is 7.16. The maximum absolute atomic E-state index is 12.0. The standard InChI is InChI=1S/C14H20N2O4/c17-12(18)8-2-1-5-9-15-14(19)13-10-6-3-4-7-11(10)20-16-13/h1-9H2,(H,15,19)(H,17,18). The summed E-state index contributed by atoms with van der Waals surface area (Å²) in [5, 5.41) is 15.2. The maximum atomic E-state index is 12.0. The van der Waals surface area contributed by atoms with Crippen LogP contribution in [-0.4, -0.2) is 28.7 Å². The molecular weight excluding hydrogens is 260 g/mol. The number of carboxylic acid groups (broad SMARTS) is 1. The molecule has 0 fully saturated rings. The fraction of sp³-hybridized carbons (Fsp3) is 0.643. The average Bonchev–Trinajstić information content (AvgIpc) is 2.86. The average molecular weight is 280 g/mol. The van der Waals surface area contributed by atoms with Crippen molar-refractivity contribution in [2.45, 2.75) is 51.4 Å². The first-order chi connectivity index (χ1) is 9.68. The van der Waals surface area contributed by atoms with E-state index < -0.39 is 5.97 Å². The van der Waals surface area contributed by atoms with Gasteiger partial charge in [0.15, 0.2) is 5.69 Å². The fourth-order valence-electron chi connectivity index (χ4n) is 2.43. The smallest absolute Gasteiger partial charge is 0.303 e. The van der Waals surface area contributed by atoms with E-state index in [1.807, 2.05) is 0 Å². The Morgan fingerprint density at radius 2 is 2.00 bits per heavy atom. The van der Waals surface area contributed by atoms with E-state index in [1.165, 1.54) is 0 Å². The molecule has 0 spiro atoms. The third kappa shape index (κ3) is 3.82. The van der Waals surface area contributed by atoms with Gasteiger partial charge in [-0.25, -0.2) is 0 Å². The minimum Gasteiger partial charge on any atom is -0.481 e. The van der Waals surface area contributed by atoms with Gasteiger partial charge in [0.2, 0.25) is 0 Å². The number of carbonyl (C=O) groups is 2. The van der Waals surface area contributed by atoms with Crippen LogP contribution in [0.4, 0.5) is 0 Å². The Balaban J connectivity index is 1.72. The first-order valence-electron chi connectivity index (χ1n) is 7.16. The molecule has 6 heteroatoms. The van der Waals surface area contributed by atoms with Gasteiger partial charge in [0.25, 0.3) is 5.91 Å². The summed E-state index contributed by atoms with van der Waals surface area (Å²) < 4.78 is 5.20. The lowest BCUT2D eigenvalue weighted by Crippen LogP contribution is -2.26. The molecule has 1 aliphatic rings. The highest BCUT2D eigenvalue weighted by Gasteiger charge is 2.23. The second-order valence-corrected chi connectivity index (χ2v) is 5.10. The zero-order chi connectivity index (χ0) is 14.4. The molecule has 0 saturated carbocycles. The summed E-state index contributed by atoms with van der Waals surface area (Å²) in [6.07, 6.45) is 6.29. The van der Waals surface area contributed by atoms with Crippen molar-refractivity contribution >= 4 is 11.9 Å². The molecule has 6 nitrogen and oxygen atoms in total. The predicted octanol–water partition coefficient (Wildman–Crippen LogP) is 1.93. The van der Waals surface area contributed by atoms with Crippen LogP contribution in [0.3, 0.4) is 0 Å². The van der Waals surface area contributed by atoms with Gasteiger partial charge in [-0.15, -0.1) is 0 Å². The molecule has 1 amide bonds. The molecule has 0 aromatic carbocycles. The summed E-state index contributed by atoms with van der Waals surface area (Å²) in [6, 6.07) is 0. The minimum absolute atomic E-state index is 0.185. The van der Waals surface area contributed by atoms with Crippen molar-refractivity contribution in [2.75, 3.05) is 6.54 Å². The number of unbranched alkanes of at least 4 members (excludes halogenated alkanes) is 2. The van der Waals surface area contributed by atoms with Gasteiger partial charge in [-0.2, -0.15) is 0 Å². The molecule has 1 aromatic heterocycles. The van der Waals surface area contributed by atoms with E-state index >= 15 is 0 Å². The van der Waals surface area contributed by atoms with Crippen molar-refractivity contribution in [1.82, 2.24) is 10.5 Å². The molecule has 0 atom stereocenters. The Bertz CT molecular complexity index is 482. The van der Waals surface area contributed by atoms with Crippen LogP contribution in [0, 0.1) is 0 Å². The van der Waals surface area contributed by atoms with Crippen LogP contribution >= 0.6 is 0 Å². The molecule has 2 rings (SSSR count). The number of fused-ring (bicyclic) bond motifs is 1. The number of carbonyl (C=O) groups excluding carboxylic acids is 1. The van der Waals surface area contributed by atoms with Gasteiger partial charge in [-0.3, -0.25) is 9.59 Å². The first kappa shape index (κ1) is 14.6. The van der Waals surface area contributed by atoms with E-state index in [2.05, 4.69) is 10.5 Å². The Morgan fingerprint density at radius 3 is 2.80 bits per heavy atom. The third-order valence-corrected chi connectivity index (χ3v) is 3.52. The number of aliphatic carboxylic acids is 1. The highest BCUT2D eigenvalue weighted by molar-refractivity contribution is 5.93. The number of rotatable bonds is 7. The van der Waals surface area contributed by atoms with E-state index in [1.54, 1.807) is 0 Å². The second-order valence-electron chi connectivity index (χ2n) is 5.10. The van der Waals surface area contributed by atoms with Crippen molar-refractivity contribution in [3.8, 4) is 0 Å². The lowest BCUT2D eigenvalue weighted by molar-refractivity contribution is -0.137. The molecule has 1 aromatic rings. The summed E-state index contributed by atoms with van der Waals surface area (Å²) in [4.78, 5) is 22.3. The van der Waals surface area contributed by atoms with E-state index in [-0.39, 0.29) is 12.3 Å². The number of carboxylic acids is 1. The molecule has 0 aliphatic heterocycles. The monoisotopic (exact) mass is 280 g/mol. The Morgan fingerprint density at radius 1 is 1.20 bits per heavy atom. The minimum atomic E-state index is -0.775. The quantitative estimate of drug-likeness (QED) is 0.744. The molecule has 2 N–H and O–H groups in total. The molecule has 1 heterocycles. The fourth-order valence-corrected chi connectivity index (χ4v) is 2.43. The highest BCUT2D eigenvalue weighted by Crippen LogP contribution is 2.23. The van der Waals surface area contributed by atoms with E-state index in [0.29, 0.717) is 18.7 Å². The summed E-state index contributed by atoms with van der Waals surface area (Å²) in [6.45, 7) is 0.542. The maximum Gasteiger partial charge on any atom is 0.303 e. The zero-order valence-corrected chi connectivity index (χ0v) is 11.5. The van der Waals surface area contributed by atoms with E-state index in [9.17, 15) is 9.59 Å². The number of aryl methyl sites for hydroxylation is 1. The lowest BCUT2D eigenvalue weighted by Gasteiger charge is -2.09. The number of amides is 1. The van der Waals surface area contributed by atoms with Crippen LogP contribution in [0.2, 0.25) is 0 Å². The van der Waals surface area contributed by atoms with Crippen LogP contribution in [0.25, 0.3) is 0 Å². The molecule has 20 heavy (non-hydrogen) atoms. The Hall–Kier alpha value is -1.85. The second kappa shape index (κ2) is 7.07. The van der Waals surface area contributed by atoms with Crippen molar-refractivity contribution in [3.05, 3.63) is 17.0 Å². The predicted molar refractivity (Wildman–Crippen MR) is 71.6 cm³/mol. The summed E-state index contributed by atoms with van der Waals surface area (Å²) in [5.41, 5.74) is 1.38. The van der Waals surface area contributed by atoms with Gasteiger partial charge < -0.3 is 14.9 Å². The number of nitrogens with one attached hydrogen (secondary N) is 1. The topological polar surface area (TPSA) is 92.4 Å². The van der Waals surface area contributed by atoms with Gasteiger partial charge in [0.05, 0.1) is 0 Å². The van der Waals surface area contributed by atoms with Crippen LogP contribution in [0.5, 0.6) is 0 Å². The van der Waals surface area contributed by atoms with E-state index in [4.69, 9.17) is 9.63 Å². The van der Waals surface area contributed by atoms with Gasteiger partial charge in [0.1, 0.15) is 5.76 Å². The van der Waals surface area contributed by atoms with Crippen molar-refractivity contribution in [2.24, 2.45) is 0 Å².